The van der Waals surface area contributed by atoms with E-state index in [1.54, 1.807) is 12.1 Å². The third kappa shape index (κ3) is 4.87. The van der Waals surface area contributed by atoms with Crippen molar-refractivity contribution in [2.24, 2.45) is 0 Å². The lowest BCUT2D eigenvalue weighted by Gasteiger charge is -2.34. The summed E-state index contributed by atoms with van der Waals surface area (Å²) in [5, 5.41) is 4.09. The van der Waals surface area contributed by atoms with E-state index < -0.39 is 10.0 Å². The Kier molecular flexibility index (Phi) is 6.64. The van der Waals surface area contributed by atoms with E-state index in [0.717, 1.165) is 13.0 Å². The average Bonchev–Trinajstić information content (AvgIpc) is 3.19. The lowest BCUT2D eigenvalue weighted by Crippen LogP contribution is -2.48. The summed E-state index contributed by atoms with van der Waals surface area (Å²) in [6, 6.07) is 16.5. The van der Waals surface area contributed by atoms with Crippen LogP contribution in [0.1, 0.15) is 30.6 Å². The van der Waals surface area contributed by atoms with Crippen molar-refractivity contribution < 1.29 is 17.9 Å². The number of sulfonamides is 1. The third-order valence-corrected chi connectivity index (χ3v) is 7.49. The van der Waals surface area contributed by atoms with Gasteiger partial charge in [0, 0.05) is 43.5 Å². The van der Waals surface area contributed by atoms with Crippen LogP contribution >= 0.6 is 0 Å². The maximum Gasteiger partial charge on any atom is 0.251 e. The first-order valence-corrected chi connectivity index (χ1v) is 12.4. The zero-order valence-corrected chi connectivity index (χ0v) is 19.2. The van der Waals surface area contributed by atoms with Crippen LogP contribution in [0.5, 0.6) is 0 Å². The van der Waals surface area contributed by atoms with Crippen molar-refractivity contribution in [3.63, 3.8) is 0 Å². The zero-order valence-electron chi connectivity index (χ0n) is 18.4. The summed E-state index contributed by atoms with van der Waals surface area (Å²) in [5.41, 5.74) is 1.51. The molecule has 1 saturated heterocycles. The Balaban J connectivity index is 1.37. The van der Waals surface area contributed by atoms with Crippen LogP contribution < -0.4 is 5.32 Å². The summed E-state index contributed by atoms with van der Waals surface area (Å²) in [4.78, 5) is 12.8. The van der Waals surface area contributed by atoms with Crippen LogP contribution in [0.4, 0.5) is 0 Å². The van der Waals surface area contributed by atoms with E-state index in [4.69, 9.17) is 4.74 Å². The van der Waals surface area contributed by atoms with Crippen LogP contribution in [0.3, 0.4) is 0 Å². The number of para-hydroxylation sites is 1. The van der Waals surface area contributed by atoms with Crippen molar-refractivity contribution in [3.05, 3.63) is 66.4 Å². The first-order chi connectivity index (χ1) is 15.3. The van der Waals surface area contributed by atoms with Gasteiger partial charge in [-0.25, -0.2) is 8.42 Å². The molecule has 8 heteroatoms. The van der Waals surface area contributed by atoms with Gasteiger partial charge in [0.2, 0.25) is 10.0 Å². The van der Waals surface area contributed by atoms with E-state index in [9.17, 15) is 13.2 Å². The summed E-state index contributed by atoms with van der Waals surface area (Å²) >= 11 is 0. The largest absolute Gasteiger partial charge is 0.373 e. The molecule has 2 atom stereocenters. The first kappa shape index (κ1) is 22.5. The molecule has 3 aromatic rings. The normalized spacial score (nSPS) is 19.8. The molecule has 32 heavy (non-hydrogen) atoms. The number of hydrogen-bond acceptors (Lipinski definition) is 4. The number of carbonyl (C=O) groups excluding carboxylic acids is 1. The van der Waals surface area contributed by atoms with Gasteiger partial charge < -0.3 is 14.6 Å². The number of aryl methyl sites for hydroxylation is 1. The molecular weight excluding hydrogens is 426 g/mol. The molecule has 2 unspecified atom stereocenters. The Morgan fingerprint density at radius 2 is 1.81 bits per heavy atom. The Morgan fingerprint density at radius 3 is 2.59 bits per heavy atom. The molecule has 1 aromatic heterocycles. The smallest absolute Gasteiger partial charge is 0.251 e. The number of morpholine rings is 1. The van der Waals surface area contributed by atoms with Gasteiger partial charge in [-0.3, -0.25) is 4.79 Å². The fraction of sp³-hybridized carbons (Fsp3) is 0.375. The topological polar surface area (TPSA) is 80.6 Å². The fourth-order valence-electron chi connectivity index (χ4n) is 4.16. The molecule has 4 rings (SSSR count). The number of nitrogens with zero attached hydrogens (tertiary/aromatic N) is 2. The van der Waals surface area contributed by atoms with Crippen molar-refractivity contribution in [2.75, 3.05) is 19.6 Å². The number of fused-ring (bicyclic) bond motifs is 1. The van der Waals surface area contributed by atoms with Crippen molar-refractivity contribution >= 4 is 26.8 Å². The van der Waals surface area contributed by atoms with Gasteiger partial charge in [-0.1, -0.05) is 24.3 Å². The number of hydrogen-bond donors (Lipinski definition) is 1. The number of nitrogens with one attached hydrogen (secondary N) is 1. The van der Waals surface area contributed by atoms with Gasteiger partial charge >= 0.3 is 0 Å². The van der Waals surface area contributed by atoms with Crippen molar-refractivity contribution in [1.82, 2.24) is 14.2 Å². The van der Waals surface area contributed by atoms with E-state index in [1.165, 1.54) is 27.3 Å². The second kappa shape index (κ2) is 9.44. The van der Waals surface area contributed by atoms with Crippen molar-refractivity contribution in [3.8, 4) is 0 Å². The number of rotatable bonds is 7. The van der Waals surface area contributed by atoms with Crippen LogP contribution in [-0.2, 0) is 21.3 Å². The van der Waals surface area contributed by atoms with Crippen LogP contribution in [0, 0.1) is 0 Å². The third-order valence-electron chi connectivity index (χ3n) is 5.66. The Morgan fingerprint density at radius 1 is 1.06 bits per heavy atom. The second-order valence-electron chi connectivity index (χ2n) is 8.28. The molecule has 2 aromatic carbocycles. The van der Waals surface area contributed by atoms with E-state index in [-0.39, 0.29) is 23.0 Å². The highest BCUT2D eigenvalue weighted by Crippen LogP contribution is 2.22. The van der Waals surface area contributed by atoms with Crippen molar-refractivity contribution in [2.45, 2.75) is 43.9 Å². The molecule has 0 radical (unpaired) electrons. The summed E-state index contributed by atoms with van der Waals surface area (Å²) < 4.78 is 35.4. The number of aromatic nitrogens is 1. The average molecular weight is 456 g/mol. The lowest BCUT2D eigenvalue weighted by molar-refractivity contribution is -0.0440. The quantitative estimate of drug-likeness (QED) is 0.555. The summed E-state index contributed by atoms with van der Waals surface area (Å²) in [6.45, 7) is 5.61. The molecule has 1 aliphatic heterocycles. The predicted molar refractivity (Wildman–Crippen MR) is 124 cm³/mol. The number of carbonyl (C=O) groups is 1. The molecule has 0 bridgehead atoms. The number of ether oxygens (including phenoxy) is 1. The van der Waals surface area contributed by atoms with Gasteiger partial charge in [0.1, 0.15) is 0 Å². The predicted octanol–water partition coefficient (Wildman–Crippen LogP) is 3.26. The Hall–Kier alpha value is -2.68. The van der Waals surface area contributed by atoms with E-state index in [0.29, 0.717) is 25.2 Å². The molecule has 1 N–H and O–H groups in total. The minimum Gasteiger partial charge on any atom is -0.373 e. The van der Waals surface area contributed by atoms with Gasteiger partial charge in [0.05, 0.1) is 17.1 Å². The molecule has 170 valence electrons. The standard InChI is InChI=1S/C24H29N3O4S/c1-18-16-27(17-19(2)31-18)32(29,30)22-9-5-8-21(15-22)24(28)25-12-6-13-26-14-11-20-7-3-4-10-23(20)26/h3-5,7-11,14-15,18-19H,6,12-13,16-17H2,1-2H3,(H,25,28). The summed E-state index contributed by atoms with van der Waals surface area (Å²) in [7, 11) is -3.69. The van der Waals surface area contributed by atoms with Gasteiger partial charge in [-0.05, 0) is 56.0 Å². The highest BCUT2D eigenvalue weighted by Gasteiger charge is 2.32. The maximum atomic E-state index is 13.1. The summed E-state index contributed by atoms with van der Waals surface area (Å²) in [5.74, 6) is -0.275. The highest BCUT2D eigenvalue weighted by atomic mass is 32.2. The molecule has 1 amide bonds. The minimum atomic E-state index is -3.69. The molecule has 2 heterocycles. The van der Waals surface area contributed by atoms with Crippen LogP contribution in [0.25, 0.3) is 10.9 Å². The lowest BCUT2D eigenvalue weighted by atomic mass is 10.2. The van der Waals surface area contributed by atoms with Gasteiger partial charge in [-0.15, -0.1) is 0 Å². The van der Waals surface area contributed by atoms with E-state index in [2.05, 4.69) is 28.1 Å². The maximum absolute atomic E-state index is 13.1. The Labute approximate surface area is 189 Å². The number of benzene rings is 2. The Bertz CT molecular complexity index is 1190. The van der Waals surface area contributed by atoms with Gasteiger partial charge in [0.25, 0.3) is 5.91 Å². The second-order valence-corrected chi connectivity index (χ2v) is 10.2. The molecular formula is C24H29N3O4S. The monoisotopic (exact) mass is 455 g/mol. The van der Waals surface area contributed by atoms with Gasteiger partial charge in [0.15, 0.2) is 0 Å². The van der Waals surface area contributed by atoms with E-state index >= 15 is 0 Å². The molecule has 7 nitrogen and oxygen atoms in total. The summed E-state index contributed by atoms with van der Waals surface area (Å²) in [6.07, 6.45) is 2.48. The van der Waals surface area contributed by atoms with E-state index in [1.807, 2.05) is 32.2 Å². The SMILES string of the molecule is CC1CN(S(=O)(=O)c2cccc(C(=O)NCCCn3ccc4ccccc43)c2)CC(C)O1. The van der Waals surface area contributed by atoms with Gasteiger partial charge in [-0.2, -0.15) is 4.31 Å². The minimum absolute atomic E-state index is 0.130. The molecule has 0 aliphatic carbocycles. The van der Waals surface area contributed by atoms with Crippen LogP contribution in [0.15, 0.2) is 65.7 Å². The highest BCUT2D eigenvalue weighted by molar-refractivity contribution is 7.89. The first-order valence-electron chi connectivity index (χ1n) is 10.9. The van der Waals surface area contributed by atoms with Crippen LogP contribution in [-0.4, -0.2) is 55.0 Å². The number of amides is 1. The van der Waals surface area contributed by atoms with Crippen molar-refractivity contribution in [1.29, 1.82) is 0 Å². The fourth-order valence-corrected chi connectivity index (χ4v) is 5.80. The molecule has 0 spiro atoms. The van der Waals surface area contributed by atoms with Crippen LogP contribution in [0.2, 0.25) is 0 Å². The molecule has 0 saturated carbocycles. The molecule has 1 fully saturated rings. The molecule has 1 aliphatic rings. The zero-order chi connectivity index (χ0) is 22.7.